The standard InChI is InChI=1S/C10H15N2O4PS2/c1-4-13-10-12-9(8(7-11)19-10)16-17(18,14-5-2)15-6-3/h4-6H2,1-3H3. The Bertz CT molecular complexity index is 490. The van der Waals surface area contributed by atoms with Crippen molar-refractivity contribution in [3.05, 3.63) is 4.88 Å². The van der Waals surface area contributed by atoms with Gasteiger partial charge >= 0.3 is 6.72 Å². The zero-order chi connectivity index (χ0) is 14.3. The Morgan fingerprint density at radius 2 is 1.89 bits per heavy atom. The van der Waals surface area contributed by atoms with E-state index in [-0.39, 0.29) is 10.8 Å². The number of rotatable bonds is 8. The van der Waals surface area contributed by atoms with Gasteiger partial charge in [-0.1, -0.05) is 11.3 Å². The van der Waals surface area contributed by atoms with Crippen LogP contribution in [0.4, 0.5) is 0 Å². The van der Waals surface area contributed by atoms with Crippen LogP contribution < -0.4 is 9.26 Å². The van der Waals surface area contributed by atoms with Gasteiger partial charge in [0.05, 0.1) is 19.8 Å². The second kappa shape index (κ2) is 7.78. The Kier molecular flexibility index (Phi) is 6.69. The van der Waals surface area contributed by atoms with Crippen molar-refractivity contribution in [1.29, 1.82) is 5.26 Å². The maximum Gasteiger partial charge on any atom is 0.381 e. The first-order valence-corrected chi connectivity index (χ1v) is 9.08. The van der Waals surface area contributed by atoms with Crippen molar-refractivity contribution >= 4 is 29.9 Å². The van der Waals surface area contributed by atoms with Crippen LogP contribution >= 0.6 is 18.1 Å². The van der Waals surface area contributed by atoms with Crippen LogP contribution in [0, 0.1) is 11.3 Å². The Balaban J connectivity index is 2.95. The van der Waals surface area contributed by atoms with Crippen LogP contribution in [0.5, 0.6) is 11.1 Å². The van der Waals surface area contributed by atoms with Crippen molar-refractivity contribution < 1.29 is 18.3 Å². The Hall–Kier alpha value is -0.710. The molecular weight excluding hydrogens is 307 g/mol. The van der Waals surface area contributed by atoms with Crippen molar-refractivity contribution in [2.45, 2.75) is 20.8 Å². The third-order valence-corrected chi connectivity index (χ3v) is 4.97. The number of nitrogens with zero attached hydrogens (tertiary/aromatic N) is 2. The van der Waals surface area contributed by atoms with Gasteiger partial charge in [-0.15, -0.1) is 0 Å². The lowest BCUT2D eigenvalue weighted by Crippen LogP contribution is -2.03. The van der Waals surface area contributed by atoms with Crippen molar-refractivity contribution in [1.82, 2.24) is 4.98 Å². The lowest BCUT2D eigenvalue weighted by Gasteiger charge is -2.19. The quantitative estimate of drug-likeness (QED) is 0.681. The molecule has 0 bridgehead atoms. The molecule has 0 N–H and O–H groups in total. The summed E-state index contributed by atoms with van der Waals surface area (Å²) in [6.45, 7) is 3.69. The third-order valence-electron chi connectivity index (χ3n) is 1.72. The second-order valence-electron chi connectivity index (χ2n) is 3.03. The predicted octanol–water partition coefficient (Wildman–Crippen LogP) is 3.09. The minimum absolute atomic E-state index is 0.112. The van der Waals surface area contributed by atoms with Crippen LogP contribution in [-0.2, 0) is 20.9 Å². The van der Waals surface area contributed by atoms with E-state index >= 15 is 0 Å². The van der Waals surface area contributed by atoms with Crippen molar-refractivity contribution in [3.63, 3.8) is 0 Å². The summed E-state index contributed by atoms with van der Waals surface area (Å²) in [5.41, 5.74) is 0. The average Bonchev–Trinajstić information content (AvgIpc) is 2.71. The first-order valence-electron chi connectivity index (χ1n) is 5.70. The molecule has 9 heteroatoms. The monoisotopic (exact) mass is 322 g/mol. The minimum Gasteiger partial charge on any atom is -0.470 e. The van der Waals surface area contributed by atoms with Crippen LogP contribution in [-0.4, -0.2) is 24.8 Å². The van der Waals surface area contributed by atoms with Gasteiger partial charge in [-0.2, -0.15) is 10.2 Å². The van der Waals surface area contributed by atoms with Gasteiger partial charge in [0, 0.05) is 11.8 Å². The summed E-state index contributed by atoms with van der Waals surface area (Å²) in [6.07, 6.45) is 0. The summed E-state index contributed by atoms with van der Waals surface area (Å²) < 4.78 is 21.4. The highest BCUT2D eigenvalue weighted by molar-refractivity contribution is 8.07. The summed E-state index contributed by atoms with van der Waals surface area (Å²) in [4.78, 5) is 4.36. The maximum atomic E-state index is 9.04. The molecule has 1 aromatic rings. The molecule has 0 amide bonds. The number of nitriles is 1. The summed E-state index contributed by atoms with van der Waals surface area (Å²) in [5.74, 6) is 0.112. The number of ether oxygens (including phenoxy) is 1. The third kappa shape index (κ3) is 4.71. The number of hydrogen-bond donors (Lipinski definition) is 0. The van der Waals surface area contributed by atoms with E-state index in [1.807, 2.05) is 13.0 Å². The highest BCUT2D eigenvalue weighted by Crippen LogP contribution is 2.51. The molecule has 1 rings (SSSR count). The van der Waals surface area contributed by atoms with Crippen LogP contribution in [0.3, 0.4) is 0 Å². The van der Waals surface area contributed by atoms with Gasteiger partial charge in [0.15, 0.2) is 4.88 Å². The summed E-state index contributed by atoms with van der Waals surface area (Å²) in [6, 6.07) is 1.99. The molecule has 0 aromatic carbocycles. The second-order valence-corrected chi connectivity index (χ2v) is 6.93. The van der Waals surface area contributed by atoms with Gasteiger partial charge in [0.1, 0.15) is 6.07 Å². The first kappa shape index (κ1) is 16.3. The molecule has 1 heterocycles. The highest BCUT2D eigenvalue weighted by atomic mass is 32.5. The largest absolute Gasteiger partial charge is 0.470 e. The minimum atomic E-state index is -2.92. The Labute approximate surface area is 121 Å². The van der Waals surface area contributed by atoms with E-state index in [0.717, 1.165) is 11.3 Å². The zero-order valence-corrected chi connectivity index (χ0v) is 13.4. The molecule has 19 heavy (non-hydrogen) atoms. The van der Waals surface area contributed by atoms with E-state index < -0.39 is 6.72 Å². The molecule has 0 aliphatic carbocycles. The Morgan fingerprint density at radius 3 is 2.37 bits per heavy atom. The number of aromatic nitrogens is 1. The fourth-order valence-corrected chi connectivity index (χ4v) is 3.88. The van der Waals surface area contributed by atoms with E-state index in [1.165, 1.54) is 0 Å². The first-order chi connectivity index (χ1) is 9.08. The lowest BCUT2D eigenvalue weighted by molar-refractivity contribution is 0.215. The molecule has 0 aliphatic rings. The SMILES string of the molecule is CCOc1nc(OP(=S)(OCC)OCC)c(C#N)s1. The number of thiazole rings is 1. The van der Waals surface area contributed by atoms with E-state index in [4.69, 9.17) is 35.4 Å². The van der Waals surface area contributed by atoms with Crippen molar-refractivity contribution in [3.8, 4) is 17.1 Å². The molecule has 6 nitrogen and oxygen atoms in total. The maximum absolute atomic E-state index is 9.04. The molecule has 1 aromatic heterocycles. The van der Waals surface area contributed by atoms with Gasteiger partial charge < -0.3 is 9.26 Å². The van der Waals surface area contributed by atoms with Crippen molar-refractivity contribution in [2.24, 2.45) is 0 Å². The molecule has 0 aliphatic heterocycles. The van der Waals surface area contributed by atoms with E-state index in [9.17, 15) is 0 Å². The van der Waals surface area contributed by atoms with Gasteiger partial charge in [0.2, 0.25) is 0 Å². The summed E-state index contributed by atoms with van der Waals surface area (Å²) >= 11 is 6.32. The average molecular weight is 322 g/mol. The normalized spacial score (nSPS) is 11.1. The van der Waals surface area contributed by atoms with Crippen LogP contribution in [0.1, 0.15) is 25.6 Å². The van der Waals surface area contributed by atoms with Crippen LogP contribution in [0.15, 0.2) is 0 Å². The van der Waals surface area contributed by atoms with E-state index in [0.29, 0.717) is 25.0 Å². The van der Waals surface area contributed by atoms with Crippen molar-refractivity contribution in [2.75, 3.05) is 19.8 Å². The topological polar surface area (TPSA) is 73.6 Å². The van der Waals surface area contributed by atoms with Crippen LogP contribution in [0.2, 0.25) is 0 Å². The van der Waals surface area contributed by atoms with Gasteiger partial charge in [-0.3, -0.25) is 9.05 Å². The smallest absolute Gasteiger partial charge is 0.381 e. The van der Waals surface area contributed by atoms with Gasteiger partial charge in [0.25, 0.3) is 11.1 Å². The molecule has 0 fully saturated rings. The van der Waals surface area contributed by atoms with E-state index in [1.54, 1.807) is 13.8 Å². The molecule has 0 spiro atoms. The molecule has 0 unspecified atom stereocenters. The van der Waals surface area contributed by atoms with Crippen LogP contribution in [0.25, 0.3) is 0 Å². The van der Waals surface area contributed by atoms with Gasteiger partial charge in [-0.25, -0.2) is 0 Å². The fraction of sp³-hybridized carbons (Fsp3) is 0.600. The van der Waals surface area contributed by atoms with E-state index in [2.05, 4.69) is 4.98 Å². The molecule has 106 valence electrons. The predicted molar refractivity (Wildman–Crippen MR) is 76.2 cm³/mol. The zero-order valence-electron chi connectivity index (χ0n) is 10.9. The molecule has 0 saturated heterocycles. The lowest BCUT2D eigenvalue weighted by atomic mass is 10.6. The van der Waals surface area contributed by atoms with Gasteiger partial charge in [-0.05, 0) is 20.8 Å². The highest BCUT2D eigenvalue weighted by Gasteiger charge is 2.25. The summed E-state index contributed by atoms with van der Waals surface area (Å²) in [5, 5.41) is 9.40. The summed E-state index contributed by atoms with van der Waals surface area (Å²) in [7, 11) is 0. The molecule has 0 atom stereocenters. The molecule has 0 saturated carbocycles. The Morgan fingerprint density at radius 1 is 1.26 bits per heavy atom. The fourth-order valence-electron chi connectivity index (χ4n) is 1.12. The molecule has 0 radical (unpaired) electrons. The number of hydrogen-bond acceptors (Lipinski definition) is 8. The molecular formula is C10H15N2O4PS2.